The maximum absolute atomic E-state index is 15.2. The molecule has 3 heterocycles. The summed E-state index contributed by atoms with van der Waals surface area (Å²) in [7, 11) is -4.29. The molecule has 1 aliphatic heterocycles. The highest BCUT2D eigenvalue weighted by atomic mass is 32.2. The molecule has 0 fully saturated rings. The first-order valence-electron chi connectivity index (χ1n) is 9.72. The number of nitrogens with zero attached hydrogens (tertiary/aromatic N) is 1. The molecule has 0 bridgehead atoms. The largest absolute Gasteiger partial charge is 0.486 e. The van der Waals surface area contributed by atoms with Crippen LogP contribution in [0.2, 0.25) is 0 Å². The fraction of sp³-hybridized carbons (Fsp3) is 0.0909. The van der Waals surface area contributed by atoms with Crippen molar-refractivity contribution in [2.24, 2.45) is 0 Å². The Balaban J connectivity index is 1.51. The molecule has 2 aromatic heterocycles. The number of pyridine rings is 1. The summed E-state index contributed by atoms with van der Waals surface area (Å²) >= 11 is 0. The van der Waals surface area contributed by atoms with Crippen LogP contribution in [0.5, 0.6) is 11.5 Å². The number of sulfonamides is 1. The molecule has 11 heteroatoms. The number of anilines is 1. The minimum absolute atomic E-state index is 0.00254. The van der Waals surface area contributed by atoms with Crippen molar-refractivity contribution in [3.05, 3.63) is 77.6 Å². The third-order valence-electron chi connectivity index (χ3n) is 5.08. The number of aromatic amines is 1. The van der Waals surface area contributed by atoms with E-state index in [1.165, 1.54) is 30.6 Å². The first-order valence-corrected chi connectivity index (χ1v) is 11.2. The number of ether oxygens (including phenoxy) is 2. The van der Waals surface area contributed by atoms with Crippen molar-refractivity contribution in [1.29, 1.82) is 0 Å². The maximum atomic E-state index is 15.2. The maximum Gasteiger partial charge on any atom is 0.262 e. The lowest BCUT2D eigenvalue weighted by molar-refractivity contribution is 0.103. The average Bonchev–Trinajstić information content (AvgIpc) is 3.25. The smallest absolute Gasteiger partial charge is 0.262 e. The number of H-pyrrole nitrogens is 1. The molecule has 2 N–H and O–H groups in total. The molecule has 0 atom stereocenters. The molecule has 2 aromatic carbocycles. The molecule has 4 aromatic rings. The highest BCUT2D eigenvalue weighted by Crippen LogP contribution is 2.33. The van der Waals surface area contributed by atoms with E-state index in [0.29, 0.717) is 23.4 Å². The quantitative estimate of drug-likeness (QED) is 0.430. The van der Waals surface area contributed by atoms with Gasteiger partial charge in [0.1, 0.15) is 24.7 Å². The number of rotatable bonds is 5. The zero-order valence-electron chi connectivity index (χ0n) is 16.8. The Morgan fingerprint density at radius 3 is 2.67 bits per heavy atom. The highest BCUT2D eigenvalue weighted by molar-refractivity contribution is 7.92. The molecule has 0 saturated heterocycles. The van der Waals surface area contributed by atoms with Gasteiger partial charge in [-0.05, 0) is 36.4 Å². The number of benzene rings is 2. The van der Waals surface area contributed by atoms with Gasteiger partial charge in [-0.3, -0.25) is 9.52 Å². The van der Waals surface area contributed by atoms with Crippen LogP contribution in [-0.4, -0.2) is 37.4 Å². The molecule has 0 unspecified atom stereocenters. The minimum Gasteiger partial charge on any atom is -0.486 e. The lowest BCUT2D eigenvalue weighted by Gasteiger charge is -2.19. The Morgan fingerprint density at radius 1 is 1.06 bits per heavy atom. The predicted octanol–water partition coefficient (Wildman–Crippen LogP) is 3.64. The number of hydrogen-bond donors (Lipinski definition) is 2. The standard InChI is InChI=1S/C22H15F2N3O5S/c23-15-4-5-16(27-33(29,30)12-3-6-17-18(10-12)32-9-8-31-17)20(24)19(15)21(28)14-11-26-22-13(14)2-1-7-25-22/h1-7,10-11,27H,8-9H2,(H,25,26). The summed E-state index contributed by atoms with van der Waals surface area (Å²) < 4.78 is 68.3. The molecule has 0 spiro atoms. The van der Waals surface area contributed by atoms with E-state index in [2.05, 4.69) is 14.7 Å². The minimum atomic E-state index is -4.29. The highest BCUT2D eigenvalue weighted by Gasteiger charge is 2.27. The van der Waals surface area contributed by atoms with Crippen LogP contribution < -0.4 is 14.2 Å². The van der Waals surface area contributed by atoms with Crippen LogP contribution in [0.25, 0.3) is 11.0 Å². The molecule has 5 rings (SSSR count). The monoisotopic (exact) mass is 471 g/mol. The Hall–Kier alpha value is -3.99. The number of fused-ring (bicyclic) bond motifs is 2. The van der Waals surface area contributed by atoms with Crippen molar-refractivity contribution in [1.82, 2.24) is 9.97 Å². The van der Waals surface area contributed by atoms with Crippen molar-refractivity contribution in [2.75, 3.05) is 17.9 Å². The number of ketones is 1. The lowest BCUT2D eigenvalue weighted by Crippen LogP contribution is -2.18. The zero-order valence-corrected chi connectivity index (χ0v) is 17.6. The number of carbonyl (C=O) groups excluding carboxylic acids is 1. The summed E-state index contributed by atoms with van der Waals surface area (Å²) in [5, 5.41) is 0.378. The normalized spacial score (nSPS) is 13.2. The predicted molar refractivity (Wildman–Crippen MR) is 114 cm³/mol. The van der Waals surface area contributed by atoms with Crippen molar-refractivity contribution >= 4 is 32.5 Å². The molecule has 33 heavy (non-hydrogen) atoms. The number of halogens is 2. The third-order valence-corrected chi connectivity index (χ3v) is 6.45. The SMILES string of the molecule is O=C(c1c(F)ccc(NS(=O)(=O)c2ccc3c(c2)OCCO3)c1F)c1c[nH]c2ncccc12. The van der Waals surface area contributed by atoms with Crippen LogP contribution >= 0.6 is 0 Å². The second-order valence-electron chi connectivity index (χ2n) is 7.13. The van der Waals surface area contributed by atoms with Crippen LogP contribution in [0.4, 0.5) is 14.5 Å². The van der Waals surface area contributed by atoms with Gasteiger partial charge in [0, 0.05) is 29.4 Å². The number of nitrogens with one attached hydrogen (secondary N) is 2. The van der Waals surface area contributed by atoms with Gasteiger partial charge in [-0.1, -0.05) is 0 Å². The van der Waals surface area contributed by atoms with Gasteiger partial charge < -0.3 is 14.5 Å². The first-order chi connectivity index (χ1) is 15.8. The van der Waals surface area contributed by atoms with Crippen LogP contribution in [-0.2, 0) is 10.0 Å². The van der Waals surface area contributed by atoms with Gasteiger partial charge in [-0.15, -0.1) is 0 Å². The summed E-state index contributed by atoms with van der Waals surface area (Å²) in [4.78, 5) is 19.6. The van der Waals surface area contributed by atoms with Crippen molar-refractivity contribution < 1.29 is 31.5 Å². The van der Waals surface area contributed by atoms with E-state index in [9.17, 15) is 17.6 Å². The summed E-state index contributed by atoms with van der Waals surface area (Å²) in [6.45, 7) is 0.590. The number of aromatic nitrogens is 2. The molecule has 0 aliphatic carbocycles. The van der Waals surface area contributed by atoms with Crippen LogP contribution in [0.3, 0.4) is 0 Å². The van der Waals surface area contributed by atoms with Crippen molar-refractivity contribution in [2.45, 2.75) is 4.90 Å². The fourth-order valence-corrected chi connectivity index (χ4v) is 4.59. The first kappa shape index (κ1) is 20.9. The zero-order chi connectivity index (χ0) is 23.2. The number of hydrogen-bond acceptors (Lipinski definition) is 6. The average molecular weight is 471 g/mol. The van der Waals surface area contributed by atoms with Gasteiger partial charge in [0.05, 0.1) is 16.1 Å². The van der Waals surface area contributed by atoms with Gasteiger partial charge in [0.2, 0.25) is 5.78 Å². The Morgan fingerprint density at radius 2 is 1.85 bits per heavy atom. The van der Waals surface area contributed by atoms with E-state index in [4.69, 9.17) is 9.47 Å². The summed E-state index contributed by atoms with van der Waals surface area (Å²) in [6.07, 6.45) is 2.80. The third kappa shape index (κ3) is 3.65. The van der Waals surface area contributed by atoms with E-state index in [1.807, 2.05) is 0 Å². The van der Waals surface area contributed by atoms with Crippen molar-refractivity contribution in [3.8, 4) is 11.5 Å². The van der Waals surface area contributed by atoms with Gasteiger partial charge in [0.15, 0.2) is 17.3 Å². The summed E-state index contributed by atoms with van der Waals surface area (Å²) in [5.41, 5.74) is -1.09. The summed E-state index contributed by atoms with van der Waals surface area (Å²) in [6, 6.07) is 8.82. The van der Waals surface area contributed by atoms with Crippen molar-refractivity contribution in [3.63, 3.8) is 0 Å². The molecule has 0 radical (unpaired) electrons. The number of carbonyl (C=O) groups is 1. The van der Waals surface area contributed by atoms with Gasteiger partial charge in [0.25, 0.3) is 10.0 Å². The summed E-state index contributed by atoms with van der Waals surface area (Å²) in [5.74, 6) is -2.80. The molecular formula is C22H15F2N3O5S. The van der Waals surface area contributed by atoms with Crippen LogP contribution in [0.1, 0.15) is 15.9 Å². The van der Waals surface area contributed by atoms with E-state index in [1.54, 1.807) is 12.1 Å². The van der Waals surface area contributed by atoms with Gasteiger partial charge in [-0.2, -0.15) is 0 Å². The van der Waals surface area contributed by atoms with Crippen LogP contribution in [0.15, 0.2) is 59.8 Å². The second-order valence-corrected chi connectivity index (χ2v) is 8.81. The fourth-order valence-electron chi connectivity index (χ4n) is 3.51. The molecule has 1 aliphatic rings. The Bertz CT molecular complexity index is 1520. The van der Waals surface area contributed by atoms with E-state index >= 15 is 4.39 Å². The Labute approximate surface area is 186 Å². The second kappa shape index (κ2) is 7.85. The van der Waals surface area contributed by atoms with Gasteiger partial charge >= 0.3 is 0 Å². The molecule has 0 saturated carbocycles. The molecular weight excluding hydrogens is 456 g/mol. The molecule has 0 amide bonds. The lowest BCUT2D eigenvalue weighted by atomic mass is 10.0. The van der Waals surface area contributed by atoms with E-state index in [-0.39, 0.29) is 22.8 Å². The molecule has 8 nitrogen and oxygen atoms in total. The topological polar surface area (TPSA) is 110 Å². The van der Waals surface area contributed by atoms with E-state index < -0.39 is 38.7 Å². The van der Waals surface area contributed by atoms with E-state index in [0.717, 1.165) is 12.1 Å². The molecule has 168 valence electrons. The van der Waals surface area contributed by atoms with Gasteiger partial charge in [-0.25, -0.2) is 22.2 Å². The van der Waals surface area contributed by atoms with Crippen LogP contribution in [0, 0.1) is 11.6 Å². The Kier molecular flexibility index (Phi) is 4.97.